The van der Waals surface area contributed by atoms with Crippen LogP contribution in [0.1, 0.15) is 22.7 Å². The molecule has 0 aromatic heterocycles. The van der Waals surface area contributed by atoms with Gasteiger partial charge in [-0.15, -0.1) is 0 Å². The van der Waals surface area contributed by atoms with Crippen molar-refractivity contribution in [1.29, 1.82) is 0 Å². The van der Waals surface area contributed by atoms with Crippen molar-refractivity contribution in [3.8, 4) is 0 Å². The zero-order valence-corrected chi connectivity index (χ0v) is 11.6. The number of rotatable bonds is 5. The standard InChI is InChI=1S/C16H16F3NO/c1-21-7-6-10-2-4-11(5-3-10)16(20)12-8-13(17)15(19)14(18)9-12/h2-5,8-9,16H,6-7,20H2,1H3. The molecule has 2 aromatic rings. The molecule has 2 N–H and O–H groups in total. The minimum absolute atomic E-state index is 0.191. The summed E-state index contributed by atoms with van der Waals surface area (Å²) in [5.41, 5.74) is 7.93. The van der Waals surface area contributed by atoms with Crippen LogP contribution in [0.15, 0.2) is 36.4 Å². The Hall–Kier alpha value is -1.85. The number of ether oxygens (including phenoxy) is 1. The molecule has 0 aliphatic rings. The van der Waals surface area contributed by atoms with Gasteiger partial charge < -0.3 is 10.5 Å². The Morgan fingerprint density at radius 2 is 1.57 bits per heavy atom. The highest BCUT2D eigenvalue weighted by atomic mass is 19.2. The van der Waals surface area contributed by atoms with Gasteiger partial charge in [-0.05, 0) is 35.2 Å². The first-order valence-electron chi connectivity index (χ1n) is 6.50. The molecule has 0 fully saturated rings. The van der Waals surface area contributed by atoms with Gasteiger partial charge in [0.05, 0.1) is 12.6 Å². The maximum atomic E-state index is 13.2. The molecule has 0 bridgehead atoms. The lowest BCUT2D eigenvalue weighted by Gasteiger charge is -2.14. The Kier molecular flexibility index (Phi) is 4.98. The van der Waals surface area contributed by atoms with Gasteiger partial charge in [-0.1, -0.05) is 24.3 Å². The first kappa shape index (κ1) is 15.5. The van der Waals surface area contributed by atoms with Crippen LogP contribution >= 0.6 is 0 Å². The molecular weight excluding hydrogens is 279 g/mol. The smallest absolute Gasteiger partial charge is 0.194 e. The summed E-state index contributed by atoms with van der Waals surface area (Å²) in [5, 5.41) is 0. The van der Waals surface area contributed by atoms with Crippen molar-refractivity contribution in [3.05, 3.63) is 70.5 Å². The third-order valence-corrected chi connectivity index (χ3v) is 3.30. The number of methoxy groups -OCH3 is 1. The SMILES string of the molecule is COCCc1ccc(C(N)c2cc(F)c(F)c(F)c2)cc1. The van der Waals surface area contributed by atoms with Crippen LogP contribution in [-0.4, -0.2) is 13.7 Å². The molecule has 21 heavy (non-hydrogen) atoms. The van der Waals surface area contributed by atoms with Crippen molar-refractivity contribution >= 4 is 0 Å². The molecule has 0 saturated carbocycles. The van der Waals surface area contributed by atoms with Gasteiger partial charge in [-0.2, -0.15) is 0 Å². The molecule has 0 radical (unpaired) electrons. The van der Waals surface area contributed by atoms with Crippen LogP contribution in [0.2, 0.25) is 0 Å². The molecule has 2 aromatic carbocycles. The van der Waals surface area contributed by atoms with Crippen LogP contribution in [0.3, 0.4) is 0 Å². The van der Waals surface area contributed by atoms with Crippen LogP contribution < -0.4 is 5.73 Å². The Balaban J connectivity index is 2.21. The van der Waals surface area contributed by atoms with Gasteiger partial charge in [0.1, 0.15) is 0 Å². The molecule has 112 valence electrons. The topological polar surface area (TPSA) is 35.2 Å². The first-order valence-corrected chi connectivity index (χ1v) is 6.50. The van der Waals surface area contributed by atoms with Crippen molar-refractivity contribution in [1.82, 2.24) is 0 Å². The van der Waals surface area contributed by atoms with Crippen LogP contribution in [0, 0.1) is 17.5 Å². The first-order chi connectivity index (χ1) is 10.0. The molecule has 0 aliphatic carbocycles. The summed E-state index contributed by atoms with van der Waals surface area (Å²) >= 11 is 0. The minimum Gasteiger partial charge on any atom is -0.384 e. The Bertz CT molecular complexity index is 590. The molecule has 1 atom stereocenters. The van der Waals surface area contributed by atoms with E-state index in [4.69, 9.17) is 10.5 Å². The van der Waals surface area contributed by atoms with Crippen LogP contribution in [-0.2, 0) is 11.2 Å². The lowest BCUT2D eigenvalue weighted by Crippen LogP contribution is -2.13. The zero-order valence-electron chi connectivity index (χ0n) is 11.6. The lowest BCUT2D eigenvalue weighted by molar-refractivity contribution is 0.202. The normalized spacial score (nSPS) is 12.4. The third kappa shape index (κ3) is 3.62. The second-order valence-electron chi connectivity index (χ2n) is 4.76. The van der Waals surface area contributed by atoms with E-state index >= 15 is 0 Å². The predicted octanol–water partition coefficient (Wildman–Crippen LogP) is 3.34. The van der Waals surface area contributed by atoms with Crippen molar-refractivity contribution in [2.24, 2.45) is 5.73 Å². The fourth-order valence-electron chi connectivity index (χ4n) is 2.06. The number of benzene rings is 2. The highest BCUT2D eigenvalue weighted by Gasteiger charge is 2.16. The molecule has 2 rings (SSSR count). The van der Waals surface area contributed by atoms with Gasteiger partial charge in [0.15, 0.2) is 17.5 Å². The van der Waals surface area contributed by atoms with E-state index in [1.807, 2.05) is 12.1 Å². The average molecular weight is 295 g/mol. The van der Waals surface area contributed by atoms with Gasteiger partial charge in [0.2, 0.25) is 0 Å². The average Bonchev–Trinajstić information content (AvgIpc) is 2.50. The van der Waals surface area contributed by atoms with Crippen molar-refractivity contribution in [3.63, 3.8) is 0 Å². The largest absolute Gasteiger partial charge is 0.384 e. The monoisotopic (exact) mass is 295 g/mol. The quantitative estimate of drug-likeness (QED) is 0.859. The van der Waals surface area contributed by atoms with E-state index < -0.39 is 23.5 Å². The molecule has 0 saturated heterocycles. The highest BCUT2D eigenvalue weighted by molar-refractivity contribution is 5.34. The summed E-state index contributed by atoms with van der Waals surface area (Å²) in [7, 11) is 1.63. The van der Waals surface area contributed by atoms with E-state index in [1.165, 1.54) is 0 Å². The summed E-state index contributed by atoms with van der Waals surface area (Å²) < 4.78 is 44.4. The summed E-state index contributed by atoms with van der Waals surface area (Å²) in [6, 6.07) is 8.45. The summed E-state index contributed by atoms with van der Waals surface area (Å²) in [4.78, 5) is 0. The maximum Gasteiger partial charge on any atom is 0.194 e. The predicted molar refractivity (Wildman–Crippen MR) is 74.4 cm³/mol. The van der Waals surface area contributed by atoms with E-state index in [0.717, 1.165) is 24.1 Å². The molecule has 2 nitrogen and oxygen atoms in total. The third-order valence-electron chi connectivity index (χ3n) is 3.30. The zero-order chi connectivity index (χ0) is 15.4. The molecule has 0 aliphatic heterocycles. The van der Waals surface area contributed by atoms with E-state index in [-0.39, 0.29) is 5.56 Å². The Morgan fingerprint density at radius 3 is 2.10 bits per heavy atom. The maximum absolute atomic E-state index is 13.2. The second-order valence-corrected chi connectivity index (χ2v) is 4.76. The number of hydrogen-bond acceptors (Lipinski definition) is 2. The summed E-state index contributed by atoms with van der Waals surface area (Å²) in [6.45, 7) is 0.611. The van der Waals surface area contributed by atoms with Crippen molar-refractivity contribution < 1.29 is 17.9 Å². The van der Waals surface area contributed by atoms with Gasteiger partial charge in [0.25, 0.3) is 0 Å². The van der Waals surface area contributed by atoms with E-state index in [0.29, 0.717) is 12.2 Å². The molecule has 0 amide bonds. The molecule has 0 spiro atoms. The number of halogens is 3. The highest BCUT2D eigenvalue weighted by Crippen LogP contribution is 2.23. The number of hydrogen-bond donors (Lipinski definition) is 1. The second kappa shape index (κ2) is 6.74. The Morgan fingerprint density at radius 1 is 1.00 bits per heavy atom. The van der Waals surface area contributed by atoms with Gasteiger partial charge in [-0.3, -0.25) is 0 Å². The Labute approximate surface area is 121 Å². The fraction of sp³-hybridized carbons (Fsp3) is 0.250. The van der Waals surface area contributed by atoms with E-state index in [1.54, 1.807) is 19.2 Å². The van der Waals surface area contributed by atoms with Crippen LogP contribution in [0.5, 0.6) is 0 Å². The van der Waals surface area contributed by atoms with Gasteiger partial charge in [-0.25, -0.2) is 13.2 Å². The molecule has 5 heteroatoms. The summed E-state index contributed by atoms with van der Waals surface area (Å²) in [6.07, 6.45) is 0.770. The molecule has 1 unspecified atom stereocenters. The van der Waals surface area contributed by atoms with Crippen LogP contribution in [0.4, 0.5) is 13.2 Å². The molecule has 0 heterocycles. The lowest BCUT2D eigenvalue weighted by atomic mass is 9.98. The van der Waals surface area contributed by atoms with E-state index in [2.05, 4.69) is 0 Å². The number of nitrogens with two attached hydrogens (primary N) is 1. The van der Waals surface area contributed by atoms with Gasteiger partial charge in [0, 0.05) is 7.11 Å². The molecular formula is C16H16F3NO. The van der Waals surface area contributed by atoms with E-state index in [9.17, 15) is 13.2 Å². The van der Waals surface area contributed by atoms with Crippen molar-refractivity contribution in [2.75, 3.05) is 13.7 Å². The van der Waals surface area contributed by atoms with Crippen molar-refractivity contribution in [2.45, 2.75) is 12.5 Å². The fourth-order valence-corrected chi connectivity index (χ4v) is 2.06. The van der Waals surface area contributed by atoms with Gasteiger partial charge >= 0.3 is 0 Å². The summed E-state index contributed by atoms with van der Waals surface area (Å²) in [5.74, 6) is -3.96. The minimum atomic E-state index is -1.49. The van der Waals surface area contributed by atoms with Crippen LogP contribution in [0.25, 0.3) is 0 Å².